The molecule has 0 spiro atoms. The molecule has 0 N–H and O–H groups in total. The summed E-state index contributed by atoms with van der Waals surface area (Å²) in [4.78, 5) is 40.4. The van der Waals surface area contributed by atoms with Crippen molar-refractivity contribution < 1.29 is 18.8 Å². The summed E-state index contributed by atoms with van der Waals surface area (Å²) in [7, 11) is 0. The third-order valence-electron chi connectivity index (χ3n) is 4.89. The second-order valence-electron chi connectivity index (χ2n) is 6.92. The lowest BCUT2D eigenvalue weighted by atomic mass is 10.1. The van der Waals surface area contributed by atoms with E-state index in [0.717, 1.165) is 46.0 Å². The van der Waals surface area contributed by atoms with Crippen molar-refractivity contribution in [2.45, 2.75) is 19.3 Å². The molecular formula is C21H19BrN2O4S. The number of nitrogens with zero attached hydrogens (tertiary/aromatic N) is 2. The standard InChI is InChI=1S/C21H19BrN2O4S/c22-15-6-4-5-14(11-15)17-8-7-16(28-17)12-18-20(26)24(21(27)29-18)13-19(25)23-9-2-1-3-10-23/h4-8,11-12H,1-3,9-10,13H2. The van der Waals surface area contributed by atoms with Crippen LogP contribution in [0.4, 0.5) is 4.79 Å². The number of halogens is 1. The van der Waals surface area contributed by atoms with Crippen LogP contribution in [0.2, 0.25) is 0 Å². The second-order valence-corrected chi connectivity index (χ2v) is 8.83. The second kappa shape index (κ2) is 8.59. The number of hydrogen-bond donors (Lipinski definition) is 0. The predicted octanol–water partition coefficient (Wildman–Crippen LogP) is 4.76. The van der Waals surface area contributed by atoms with Gasteiger partial charge in [0.2, 0.25) is 5.91 Å². The molecule has 0 saturated carbocycles. The van der Waals surface area contributed by atoms with Crippen molar-refractivity contribution in [3.63, 3.8) is 0 Å². The highest BCUT2D eigenvalue weighted by Crippen LogP contribution is 2.33. The summed E-state index contributed by atoms with van der Waals surface area (Å²) in [5, 5.41) is -0.426. The molecule has 2 saturated heterocycles. The van der Waals surface area contributed by atoms with E-state index in [9.17, 15) is 14.4 Å². The molecule has 8 heteroatoms. The maximum absolute atomic E-state index is 12.7. The zero-order valence-electron chi connectivity index (χ0n) is 15.6. The van der Waals surface area contributed by atoms with Gasteiger partial charge in [-0.05, 0) is 55.3 Å². The first kappa shape index (κ1) is 20.0. The number of piperidine rings is 1. The van der Waals surface area contributed by atoms with Gasteiger partial charge in [-0.2, -0.15) is 0 Å². The third-order valence-corrected chi connectivity index (χ3v) is 6.29. The van der Waals surface area contributed by atoms with Crippen molar-refractivity contribution >= 4 is 50.8 Å². The molecular weight excluding hydrogens is 456 g/mol. The van der Waals surface area contributed by atoms with Gasteiger partial charge in [0.05, 0.1) is 4.91 Å². The fraction of sp³-hybridized carbons (Fsp3) is 0.286. The van der Waals surface area contributed by atoms with Crippen LogP contribution in [0, 0.1) is 0 Å². The Bertz CT molecular complexity index is 994. The van der Waals surface area contributed by atoms with Crippen LogP contribution in [-0.2, 0) is 9.59 Å². The van der Waals surface area contributed by atoms with Gasteiger partial charge >= 0.3 is 0 Å². The number of amides is 3. The summed E-state index contributed by atoms with van der Waals surface area (Å²) in [5.41, 5.74) is 0.902. The first-order valence-corrected chi connectivity index (χ1v) is 11.0. The number of carbonyl (C=O) groups excluding carboxylic acids is 3. The van der Waals surface area contributed by atoms with E-state index in [1.54, 1.807) is 17.0 Å². The highest BCUT2D eigenvalue weighted by Gasteiger charge is 2.37. The first-order valence-electron chi connectivity index (χ1n) is 9.40. The van der Waals surface area contributed by atoms with Gasteiger partial charge in [-0.3, -0.25) is 19.3 Å². The molecule has 0 aliphatic carbocycles. The van der Waals surface area contributed by atoms with Crippen molar-refractivity contribution in [3.8, 4) is 11.3 Å². The van der Waals surface area contributed by atoms with Gasteiger partial charge in [0, 0.05) is 29.2 Å². The Labute approximate surface area is 181 Å². The van der Waals surface area contributed by atoms with E-state index in [0.29, 0.717) is 24.6 Å². The summed E-state index contributed by atoms with van der Waals surface area (Å²) in [6.45, 7) is 1.18. The normalized spacial score (nSPS) is 18.7. The Kier molecular flexibility index (Phi) is 5.91. The maximum Gasteiger partial charge on any atom is 0.294 e. The number of furan rings is 1. The minimum Gasteiger partial charge on any atom is -0.457 e. The van der Waals surface area contributed by atoms with Gasteiger partial charge in [0.15, 0.2) is 0 Å². The zero-order chi connectivity index (χ0) is 20.4. The smallest absolute Gasteiger partial charge is 0.294 e. The fourth-order valence-corrected chi connectivity index (χ4v) is 4.59. The Morgan fingerprint density at radius 3 is 2.69 bits per heavy atom. The molecule has 0 radical (unpaired) electrons. The lowest BCUT2D eigenvalue weighted by Gasteiger charge is -2.27. The van der Waals surface area contributed by atoms with Crippen LogP contribution in [0.5, 0.6) is 0 Å². The van der Waals surface area contributed by atoms with Crippen LogP contribution in [0.25, 0.3) is 17.4 Å². The number of hydrogen-bond acceptors (Lipinski definition) is 5. The monoisotopic (exact) mass is 474 g/mol. The molecule has 4 rings (SSSR count). The zero-order valence-corrected chi connectivity index (χ0v) is 18.0. The molecule has 29 heavy (non-hydrogen) atoms. The van der Waals surface area contributed by atoms with E-state index in [1.807, 2.05) is 30.3 Å². The fourth-order valence-electron chi connectivity index (χ4n) is 3.37. The Hall–Kier alpha value is -2.32. The molecule has 1 aromatic carbocycles. The van der Waals surface area contributed by atoms with E-state index in [4.69, 9.17) is 4.42 Å². The molecule has 150 valence electrons. The minimum absolute atomic E-state index is 0.178. The molecule has 6 nitrogen and oxygen atoms in total. The van der Waals surface area contributed by atoms with Crippen molar-refractivity contribution in [1.29, 1.82) is 0 Å². The molecule has 2 aliphatic heterocycles. The van der Waals surface area contributed by atoms with E-state index in [-0.39, 0.29) is 17.4 Å². The van der Waals surface area contributed by atoms with Gasteiger partial charge in [-0.15, -0.1) is 0 Å². The summed E-state index contributed by atoms with van der Waals surface area (Å²) in [6.07, 6.45) is 4.59. The number of rotatable bonds is 4. The SMILES string of the molecule is O=C(CN1C(=O)SC(=Cc2ccc(-c3cccc(Br)c3)o2)C1=O)N1CCCCC1. The summed E-state index contributed by atoms with van der Waals surface area (Å²) < 4.78 is 6.75. The van der Waals surface area contributed by atoms with Gasteiger partial charge in [0.1, 0.15) is 18.1 Å². The first-order chi connectivity index (χ1) is 14.0. The summed E-state index contributed by atoms with van der Waals surface area (Å²) in [5.74, 6) is 0.513. The Balaban J connectivity index is 1.47. The van der Waals surface area contributed by atoms with Crippen LogP contribution < -0.4 is 0 Å². The summed E-state index contributed by atoms with van der Waals surface area (Å²) >= 11 is 4.26. The molecule has 0 unspecified atom stereocenters. The molecule has 2 aliphatic rings. The molecule has 2 aromatic rings. The molecule has 0 atom stereocenters. The quantitative estimate of drug-likeness (QED) is 0.597. The van der Waals surface area contributed by atoms with E-state index < -0.39 is 11.1 Å². The van der Waals surface area contributed by atoms with Crippen molar-refractivity contribution in [1.82, 2.24) is 9.80 Å². The highest BCUT2D eigenvalue weighted by molar-refractivity contribution is 9.10. The van der Waals surface area contributed by atoms with Crippen molar-refractivity contribution in [2.24, 2.45) is 0 Å². The number of thioether (sulfide) groups is 1. The lowest BCUT2D eigenvalue weighted by Crippen LogP contribution is -2.44. The van der Waals surface area contributed by atoms with Crippen molar-refractivity contribution in [3.05, 3.63) is 51.5 Å². The molecule has 3 amide bonds. The van der Waals surface area contributed by atoms with Gasteiger partial charge in [-0.25, -0.2) is 0 Å². The number of likely N-dealkylation sites (tertiary alicyclic amines) is 1. The van der Waals surface area contributed by atoms with Crippen LogP contribution in [0.15, 0.2) is 50.2 Å². The lowest BCUT2D eigenvalue weighted by molar-refractivity contribution is -0.136. The van der Waals surface area contributed by atoms with Crippen LogP contribution in [0.3, 0.4) is 0 Å². The summed E-state index contributed by atoms with van der Waals surface area (Å²) in [6, 6.07) is 11.3. The third kappa shape index (κ3) is 4.48. The van der Waals surface area contributed by atoms with Crippen LogP contribution in [-0.4, -0.2) is 46.5 Å². The van der Waals surface area contributed by atoms with E-state index in [1.165, 1.54) is 0 Å². The van der Waals surface area contributed by atoms with E-state index >= 15 is 0 Å². The van der Waals surface area contributed by atoms with Crippen LogP contribution >= 0.6 is 27.7 Å². The molecule has 2 fully saturated rings. The van der Waals surface area contributed by atoms with Gasteiger partial charge in [0.25, 0.3) is 11.1 Å². The average Bonchev–Trinajstić information content (AvgIpc) is 3.29. The molecule has 3 heterocycles. The molecule has 0 bridgehead atoms. The molecule has 1 aromatic heterocycles. The van der Waals surface area contributed by atoms with Crippen molar-refractivity contribution in [2.75, 3.05) is 19.6 Å². The topological polar surface area (TPSA) is 70.8 Å². The maximum atomic E-state index is 12.7. The Morgan fingerprint density at radius 2 is 1.93 bits per heavy atom. The van der Waals surface area contributed by atoms with Crippen LogP contribution in [0.1, 0.15) is 25.0 Å². The van der Waals surface area contributed by atoms with Gasteiger partial charge in [-0.1, -0.05) is 28.1 Å². The van der Waals surface area contributed by atoms with E-state index in [2.05, 4.69) is 15.9 Å². The minimum atomic E-state index is -0.453. The largest absolute Gasteiger partial charge is 0.457 e. The highest BCUT2D eigenvalue weighted by atomic mass is 79.9. The predicted molar refractivity (Wildman–Crippen MR) is 115 cm³/mol. The average molecular weight is 475 g/mol. The van der Waals surface area contributed by atoms with Gasteiger partial charge < -0.3 is 9.32 Å². The Morgan fingerprint density at radius 1 is 1.14 bits per heavy atom. The number of imide groups is 1. The number of benzene rings is 1. The number of carbonyl (C=O) groups is 3.